The molecule has 1 fully saturated rings. The second-order valence-electron chi connectivity index (χ2n) is 17.2. The molecule has 0 bridgehead atoms. The highest BCUT2D eigenvalue weighted by Crippen LogP contribution is 2.22. The SMILES string of the molecule is CC/C=C\C/C=C\C/C=C\C/C=C\C/C=C\C/C=C\C/C=C\CCCCCCCCCC(=O)NC(COC1OC(CO)C(O)C(O)C1O)C(O)/C=C/CC/C=C/CC/C=C/CCCCCC. The number of rotatable bonds is 41. The molecular weight excluding hydrogens is 827 g/mol. The lowest BCUT2D eigenvalue weighted by Gasteiger charge is -2.40. The van der Waals surface area contributed by atoms with Crippen LogP contribution in [0.3, 0.4) is 0 Å². The molecule has 0 saturated carbocycles. The van der Waals surface area contributed by atoms with E-state index in [9.17, 15) is 30.3 Å². The lowest BCUT2D eigenvalue weighted by atomic mass is 9.99. The zero-order valence-electron chi connectivity index (χ0n) is 41.1. The second kappa shape index (κ2) is 45.4. The summed E-state index contributed by atoms with van der Waals surface area (Å²) < 4.78 is 11.2. The van der Waals surface area contributed by atoms with Gasteiger partial charge >= 0.3 is 0 Å². The molecule has 9 heteroatoms. The minimum absolute atomic E-state index is 0.210. The van der Waals surface area contributed by atoms with E-state index in [1.54, 1.807) is 6.08 Å². The molecule has 7 unspecified atom stereocenters. The summed E-state index contributed by atoms with van der Waals surface area (Å²) in [6.07, 6.45) is 61.0. The lowest BCUT2D eigenvalue weighted by Crippen LogP contribution is -2.60. The number of ether oxygens (including phenoxy) is 2. The summed E-state index contributed by atoms with van der Waals surface area (Å²) in [6, 6.07) is -0.843. The van der Waals surface area contributed by atoms with Gasteiger partial charge in [-0.05, 0) is 103 Å². The Hall–Kier alpha value is -3.41. The first-order valence-electron chi connectivity index (χ1n) is 25.8. The maximum atomic E-state index is 13.0. The van der Waals surface area contributed by atoms with Gasteiger partial charge in [-0.3, -0.25) is 4.79 Å². The molecule has 0 aromatic carbocycles. The first-order valence-corrected chi connectivity index (χ1v) is 25.8. The van der Waals surface area contributed by atoms with Gasteiger partial charge in [0.15, 0.2) is 6.29 Å². The number of carbonyl (C=O) groups is 1. The third-order valence-electron chi connectivity index (χ3n) is 11.2. The number of unbranched alkanes of at least 4 members (excludes halogenated alkanes) is 13. The molecule has 0 aromatic rings. The fourth-order valence-corrected chi connectivity index (χ4v) is 7.17. The molecule has 0 aromatic heterocycles. The van der Waals surface area contributed by atoms with Crippen LogP contribution in [0.2, 0.25) is 0 Å². The zero-order valence-corrected chi connectivity index (χ0v) is 41.1. The van der Waals surface area contributed by atoms with Crippen LogP contribution in [0, 0.1) is 0 Å². The maximum absolute atomic E-state index is 13.0. The second-order valence-corrected chi connectivity index (χ2v) is 17.2. The average molecular weight is 920 g/mol. The normalized spacial score (nSPS) is 20.9. The standard InChI is InChI=1S/C57H93NO8/c1-3-5-7-9-11-13-15-17-19-20-21-22-23-24-25-26-27-28-29-30-31-32-33-35-37-39-41-43-45-47-53(61)58-50(49-65-57-56(64)55(63)54(62)52(48-59)66-57)51(60)46-44-42-40-38-36-34-18-16-14-12-10-8-6-4-2/h5,7,11,13-14,16-17,19,21-22,24-25,27-28,30-31,36,38,44,46,50-52,54-57,59-60,62-64H,3-4,6,8-10,12,15,18,20,23,26,29,32-35,37,39-43,45,47-49H2,1-2H3,(H,58,61)/b7-5-,13-11-,16-14+,19-17-,22-21-,25-24-,28-27-,31-30-,38-36+,46-44+. The van der Waals surface area contributed by atoms with Crippen molar-refractivity contribution >= 4 is 5.91 Å². The van der Waals surface area contributed by atoms with Gasteiger partial charge in [-0.25, -0.2) is 0 Å². The Labute approximate surface area is 401 Å². The number of nitrogens with one attached hydrogen (secondary N) is 1. The fourth-order valence-electron chi connectivity index (χ4n) is 7.17. The zero-order chi connectivity index (χ0) is 48.0. The molecule has 0 aliphatic carbocycles. The number of hydrogen-bond acceptors (Lipinski definition) is 8. The summed E-state index contributed by atoms with van der Waals surface area (Å²) in [7, 11) is 0. The first-order chi connectivity index (χ1) is 32.3. The van der Waals surface area contributed by atoms with Crippen molar-refractivity contribution in [2.24, 2.45) is 0 Å². The summed E-state index contributed by atoms with van der Waals surface area (Å²) in [6.45, 7) is 3.58. The molecule has 6 N–H and O–H groups in total. The van der Waals surface area contributed by atoms with E-state index >= 15 is 0 Å². The smallest absolute Gasteiger partial charge is 0.220 e. The maximum Gasteiger partial charge on any atom is 0.220 e. The molecule has 1 aliphatic rings. The van der Waals surface area contributed by atoms with E-state index in [1.165, 1.54) is 44.9 Å². The Bertz CT molecular complexity index is 1440. The van der Waals surface area contributed by atoms with Crippen molar-refractivity contribution in [3.63, 3.8) is 0 Å². The highest BCUT2D eigenvalue weighted by atomic mass is 16.7. The van der Waals surface area contributed by atoms with E-state index in [4.69, 9.17) is 9.47 Å². The van der Waals surface area contributed by atoms with Crippen molar-refractivity contribution in [1.29, 1.82) is 0 Å². The molecule has 9 nitrogen and oxygen atoms in total. The Morgan fingerprint density at radius 1 is 0.530 bits per heavy atom. The van der Waals surface area contributed by atoms with Crippen LogP contribution < -0.4 is 5.32 Å². The van der Waals surface area contributed by atoms with Crippen molar-refractivity contribution in [3.8, 4) is 0 Å². The molecule has 1 heterocycles. The minimum atomic E-state index is -1.58. The quantitative estimate of drug-likeness (QED) is 0.0262. The van der Waals surface area contributed by atoms with Gasteiger partial charge < -0.3 is 40.3 Å². The summed E-state index contributed by atoms with van der Waals surface area (Å²) in [4.78, 5) is 13.0. The molecule has 1 rings (SSSR count). The summed E-state index contributed by atoms with van der Waals surface area (Å²) in [5.74, 6) is -0.210. The summed E-state index contributed by atoms with van der Waals surface area (Å²) in [5, 5.41) is 54.3. The van der Waals surface area contributed by atoms with Crippen LogP contribution in [-0.4, -0.2) is 87.5 Å². The van der Waals surface area contributed by atoms with Gasteiger partial charge in [0.2, 0.25) is 5.91 Å². The van der Waals surface area contributed by atoms with Crippen LogP contribution in [0.1, 0.15) is 174 Å². The van der Waals surface area contributed by atoms with E-state index < -0.39 is 49.5 Å². The van der Waals surface area contributed by atoms with Crippen LogP contribution >= 0.6 is 0 Å². The molecule has 0 radical (unpaired) electrons. The van der Waals surface area contributed by atoms with Crippen molar-refractivity contribution in [2.45, 2.75) is 217 Å². The minimum Gasteiger partial charge on any atom is -0.394 e. The number of allylic oxidation sites excluding steroid dienone is 19. The van der Waals surface area contributed by atoms with Gasteiger partial charge in [-0.15, -0.1) is 0 Å². The predicted octanol–water partition coefficient (Wildman–Crippen LogP) is 12.0. The highest BCUT2D eigenvalue weighted by Gasteiger charge is 2.44. The molecular formula is C57H93NO8. The lowest BCUT2D eigenvalue weighted by molar-refractivity contribution is -0.302. The monoisotopic (exact) mass is 920 g/mol. The summed E-state index contributed by atoms with van der Waals surface area (Å²) in [5.41, 5.74) is 0. The molecule has 1 amide bonds. The number of aliphatic hydroxyl groups is 5. The Balaban J connectivity index is 2.29. The van der Waals surface area contributed by atoms with Gasteiger partial charge in [0.25, 0.3) is 0 Å². The first kappa shape index (κ1) is 60.6. The predicted molar refractivity (Wildman–Crippen MR) is 276 cm³/mol. The van der Waals surface area contributed by atoms with E-state index in [-0.39, 0.29) is 12.5 Å². The van der Waals surface area contributed by atoms with Gasteiger partial charge in [0.05, 0.1) is 25.4 Å². The fraction of sp³-hybridized carbons (Fsp3) is 0.632. The van der Waals surface area contributed by atoms with Crippen molar-refractivity contribution < 1.29 is 39.8 Å². The number of aliphatic hydroxyl groups excluding tert-OH is 5. The van der Waals surface area contributed by atoms with E-state index in [2.05, 4.69) is 129 Å². The average Bonchev–Trinajstić information content (AvgIpc) is 3.32. The van der Waals surface area contributed by atoms with Gasteiger partial charge in [-0.1, -0.05) is 187 Å². The van der Waals surface area contributed by atoms with Gasteiger partial charge in [-0.2, -0.15) is 0 Å². The van der Waals surface area contributed by atoms with Gasteiger partial charge in [0, 0.05) is 6.42 Å². The Kier molecular flexibility index (Phi) is 41.7. The third-order valence-corrected chi connectivity index (χ3v) is 11.2. The van der Waals surface area contributed by atoms with Crippen molar-refractivity contribution in [3.05, 3.63) is 122 Å². The highest BCUT2D eigenvalue weighted by molar-refractivity contribution is 5.76. The van der Waals surface area contributed by atoms with E-state index in [0.717, 1.165) is 109 Å². The van der Waals surface area contributed by atoms with Crippen LogP contribution in [-0.2, 0) is 14.3 Å². The summed E-state index contributed by atoms with van der Waals surface area (Å²) >= 11 is 0. The molecule has 66 heavy (non-hydrogen) atoms. The van der Waals surface area contributed by atoms with Crippen LogP contribution in [0.5, 0.6) is 0 Å². The number of hydrogen-bond donors (Lipinski definition) is 6. The largest absolute Gasteiger partial charge is 0.394 e. The van der Waals surface area contributed by atoms with E-state index in [1.807, 2.05) is 6.08 Å². The number of carbonyl (C=O) groups excluding carboxylic acids is 1. The van der Waals surface area contributed by atoms with Crippen LogP contribution in [0.4, 0.5) is 0 Å². The molecule has 1 aliphatic heterocycles. The van der Waals surface area contributed by atoms with Crippen molar-refractivity contribution in [1.82, 2.24) is 5.32 Å². The van der Waals surface area contributed by atoms with Crippen LogP contribution in [0.15, 0.2) is 122 Å². The molecule has 7 atom stereocenters. The van der Waals surface area contributed by atoms with E-state index in [0.29, 0.717) is 6.42 Å². The molecule has 1 saturated heterocycles. The molecule has 0 spiro atoms. The molecule has 374 valence electrons. The van der Waals surface area contributed by atoms with Crippen LogP contribution in [0.25, 0.3) is 0 Å². The number of amides is 1. The van der Waals surface area contributed by atoms with Crippen molar-refractivity contribution in [2.75, 3.05) is 13.2 Å². The van der Waals surface area contributed by atoms with Gasteiger partial charge in [0.1, 0.15) is 24.4 Å². The third kappa shape index (κ3) is 34.8. The Morgan fingerprint density at radius 3 is 1.45 bits per heavy atom. The topological polar surface area (TPSA) is 149 Å². The Morgan fingerprint density at radius 2 is 0.955 bits per heavy atom.